The molecule has 0 amide bonds. The summed E-state index contributed by atoms with van der Waals surface area (Å²) in [6.45, 7) is 7.48. The van der Waals surface area contributed by atoms with Gasteiger partial charge in [-0.1, -0.05) is 6.92 Å². The number of pyridine rings is 1. The average Bonchev–Trinajstić information content (AvgIpc) is 2.46. The zero-order valence-corrected chi connectivity index (χ0v) is 14.2. The highest BCUT2D eigenvalue weighted by Gasteiger charge is 2.36. The Morgan fingerprint density at radius 2 is 2.05 bits per heavy atom. The van der Waals surface area contributed by atoms with E-state index in [-0.39, 0.29) is 23.5 Å². The van der Waals surface area contributed by atoms with Gasteiger partial charge in [0.05, 0.1) is 19.0 Å². The third-order valence-electron chi connectivity index (χ3n) is 3.02. The molecule has 0 radical (unpaired) electrons. The predicted molar refractivity (Wildman–Crippen MR) is 85.4 cm³/mol. The summed E-state index contributed by atoms with van der Waals surface area (Å²) in [4.78, 5) is 26.6. The van der Waals surface area contributed by atoms with E-state index in [9.17, 15) is 13.8 Å². The van der Waals surface area contributed by atoms with Gasteiger partial charge in [-0.05, 0) is 27.2 Å². The lowest BCUT2D eigenvalue weighted by atomic mass is 10.2. The fourth-order valence-corrected chi connectivity index (χ4v) is 2.68. The molecule has 0 aliphatic heterocycles. The van der Waals surface area contributed by atoms with E-state index in [0.29, 0.717) is 12.3 Å². The fourth-order valence-electron chi connectivity index (χ4n) is 1.63. The van der Waals surface area contributed by atoms with Crippen molar-refractivity contribution in [1.82, 2.24) is 4.98 Å². The highest BCUT2D eigenvalue weighted by Crippen LogP contribution is 2.18. The standard InChI is InChI=1S/C15H23NO5S/c1-5-7-21-13-9-16-11(8-12(13)17)10-22(19)15(3,4)14(18)20-6-2/h8-9H,5-7,10H2,1-4H3,(H,16,17). The molecule has 1 heterocycles. The van der Waals surface area contributed by atoms with E-state index in [1.165, 1.54) is 12.3 Å². The van der Waals surface area contributed by atoms with Crippen LogP contribution in [-0.4, -0.2) is 33.1 Å². The van der Waals surface area contributed by atoms with Gasteiger partial charge in [-0.15, -0.1) is 0 Å². The van der Waals surface area contributed by atoms with Crippen LogP contribution < -0.4 is 10.2 Å². The number of carbonyl (C=O) groups is 1. The zero-order valence-electron chi connectivity index (χ0n) is 13.4. The number of ether oxygens (including phenoxy) is 2. The normalized spacial score (nSPS) is 12.7. The molecule has 7 heteroatoms. The number of H-pyrrole nitrogens is 1. The van der Waals surface area contributed by atoms with Crippen molar-refractivity contribution in [1.29, 1.82) is 0 Å². The minimum absolute atomic E-state index is 0.0646. The molecule has 1 unspecified atom stereocenters. The van der Waals surface area contributed by atoms with Gasteiger partial charge in [-0.25, -0.2) is 0 Å². The second kappa shape index (κ2) is 8.12. The second-order valence-electron chi connectivity index (χ2n) is 5.26. The van der Waals surface area contributed by atoms with Crippen molar-refractivity contribution in [2.24, 2.45) is 0 Å². The third kappa shape index (κ3) is 4.69. The Bertz CT molecular complexity index is 594. The summed E-state index contributed by atoms with van der Waals surface area (Å²) < 4.78 is 21.5. The summed E-state index contributed by atoms with van der Waals surface area (Å²) in [5.74, 6) is -0.214. The molecule has 0 bridgehead atoms. The van der Waals surface area contributed by atoms with Gasteiger partial charge in [0.2, 0.25) is 5.43 Å². The number of aromatic amines is 1. The molecular formula is C15H23NO5S. The number of hydrogen-bond donors (Lipinski definition) is 1. The number of esters is 1. The van der Waals surface area contributed by atoms with Crippen LogP contribution in [0.25, 0.3) is 0 Å². The minimum atomic E-state index is -1.52. The first-order chi connectivity index (χ1) is 10.3. The van der Waals surface area contributed by atoms with Crippen molar-refractivity contribution in [3.63, 3.8) is 0 Å². The predicted octanol–water partition coefficient (Wildman–Crippen LogP) is 1.75. The summed E-state index contributed by atoms with van der Waals surface area (Å²) >= 11 is 0. The van der Waals surface area contributed by atoms with Crippen molar-refractivity contribution in [3.8, 4) is 5.75 Å². The molecule has 0 fully saturated rings. The summed E-state index contributed by atoms with van der Waals surface area (Å²) in [5, 5.41) is 0. The summed E-state index contributed by atoms with van der Waals surface area (Å²) in [6, 6.07) is 1.35. The molecule has 1 rings (SSSR count). The first kappa shape index (κ1) is 18.4. The SMILES string of the molecule is CCCOc1c[nH]c(CS(=O)C(C)(C)C(=O)OCC)cc1=O. The molecule has 6 nitrogen and oxygen atoms in total. The Balaban J connectivity index is 2.82. The Hall–Kier alpha value is -1.63. The molecule has 22 heavy (non-hydrogen) atoms. The van der Waals surface area contributed by atoms with E-state index in [4.69, 9.17) is 9.47 Å². The van der Waals surface area contributed by atoms with Gasteiger partial charge in [0.1, 0.15) is 4.75 Å². The van der Waals surface area contributed by atoms with E-state index in [1.54, 1.807) is 20.8 Å². The van der Waals surface area contributed by atoms with Gasteiger partial charge in [0.15, 0.2) is 5.75 Å². The van der Waals surface area contributed by atoms with Crippen LogP contribution in [-0.2, 0) is 26.1 Å². The maximum absolute atomic E-state index is 12.4. The van der Waals surface area contributed by atoms with Gasteiger partial charge in [-0.2, -0.15) is 0 Å². The Morgan fingerprint density at radius 3 is 2.59 bits per heavy atom. The molecule has 0 aliphatic carbocycles. The number of aromatic nitrogens is 1. The summed E-state index contributed by atoms with van der Waals surface area (Å²) in [6.07, 6.45) is 2.26. The molecule has 124 valence electrons. The molecule has 0 spiro atoms. The zero-order chi connectivity index (χ0) is 16.8. The van der Waals surface area contributed by atoms with Gasteiger partial charge in [-0.3, -0.25) is 13.8 Å². The molecule has 1 aromatic heterocycles. The second-order valence-corrected chi connectivity index (χ2v) is 7.26. The molecule has 0 aliphatic rings. The molecule has 0 saturated heterocycles. The molecule has 1 N–H and O–H groups in total. The lowest BCUT2D eigenvalue weighted by molar-refractivity contribution is -0.145. The highest BCUT2D eigenvalue weighted by atomic mass is 32.2. The topological polar surface area (TPSA) is 85.5 Å². The van der Waals surface area contributed by atoms with Crippen molar-refractivity contribution < 1.29 is 18.5 Å². The first-order valence-electron chi connectivity index (χ1n) is 7.23. The maximum Gasteiger partial charge on any atom is 0.324 e. The highest BCUT2D eigenvalue weighted by molar-refractivity contribution is 7.86. The van der Waals surface area contributed by atoms with Crippen LogP contribution in [0, 0.1) is 0 Å². The monoisotopic (exact) mass is 329 g/mol. The Morgan fingerprint density at radius 1 is 1.36 bits per heavy atom. The number of nitrogens with one attached hydrogen (secondary N) is 1. The van der Waals surface area contributed by atoms with Crippen LogP contribution in [0.4, 0.5) is 0 Å². The van der Waals surface area contributed by atoms with Crippen LogP contribution in [0.5, 0.6) is 5.75 Å². The number of rotatable bonds is 8. The summed E-state index contributed by atoms with van der Waals surface area (Å²) in [7, 11) is -1.52. The first-order valence-corrected chi connectivity index (χ1v) is 8.54. The van der Waals surface area contributed by atoms with Gasteiger partial charge < -0.3 is 14.5 Å². The molecule has 0 saturated carbocycles. The van der Waals surface area contributed by atoms with Crippen molar-refractivity contribution in [3.05, 3.63) is 28.2 Å². The van der Waals surface area contributed by atoms with Crippen LogP contribution in [0.2, 0.25) is 0 Å². The number of carbonyl (C=O) groups excluding carboxylic acids is 1. The Labute approximate surface area is 132 Å². The Kier molecular flexibility index (Phi) is 6.80. The van der Waals surface area contributed by atoms with Crippen LogP contribution >= 0.6 is 0 Å². The van der Waals surface area contributed by atoms with Crippen molar-refractivity contribution >= 4 is 16.8 Å². The van der Waals surface area contributed by atoms with E-state index in [0.717, 1.165) is 6.42 Å². The molecule has 0 aromatic carbocycles. The van der Waals surface area contributed by atoms with E-state index >= 15 is 0 Å². The fraction of sp³-hybridized carbons (Fsp3) is 0.600. The van der Waals surface area contributed by atoms with Crippen molar-refractivity contribution in [2.45, 2.75) is 44.6 Å². The largest absolute Gasteiger partial charge is 0.488 e. The van der Waals surface area contributed by atoms with Crippen LogP contribution in [0.1, 0.15) is 39.8 Å². The van der Waals surface area contributed by atoms with Gasteiger partial charge in [0, 0.05) is 28.8 Å². The van der Waals surface area contributed by atoms with Crippen LogP contribution in [0.15, 0.2) is 17.1 Å². The van der Waals surface area contributed by atoms with Crippen LogP contribution in [0.3, 0.4) is 0 Å². The lowest BCUT2D eigenvalue weighted by Gasteiger charge is -2.21. The molecule has 1 atom stereocenters. The molecular weight excluding hydrogens is 306 g/mol. The van der Waals surface area contributed by atoms with E-state index in [2.05, 4.69) is 4.98 Å². The third-order valence-corrected chi connectivity index (χ3v) is 4.90. The average molecular weight is 329 g/mol. The maximum atomic E-state index is 12.4. The number of hydrogen-bond acceptors (Lipinski definition) is 5. The smallest absolute Gasteiger partial charge is 0.324 e. The van der Waals surface area contributed by atoms with E-state index < -0.39 is 21.5 Å². The molecule has 1 aromatic rings. The van der Waals surface area contributed by atoms with Crippen molar-refractivity contribution in [2.75, 3.05) is 13.2 Å². The lowest BCUT2D eigenvalue weighted by Crippen LogP contribution is -2.39. The van der Waals surface area contributed by atoms with Gasteiger partial charge >= 0.3 is 5.97 Å². The minimum Gasteiger partial charge on any atom is -0.488 e. The summed E-state index contributed by atoms with van der Waals surface area (Å²) in [5.41, 5.74) is 0.220. The van der Waals surface area contributed by atoms with E-state index in [1.807, 2.05) is 6.92 Å². The van der Waals surface area contributed by atoms with Gasteiger partial charge in [0.25, 0.3) is 0 Å². The quantitative estimate of drug-likeness (QED) is 0.735.